The lowest BCUT2D eigenvalue weighted by molar-refractivity contribution is 0.0463. The zero-order valence-corrected chi connectivity index (χ0v) is 7.41. The fraction of sp³-hybridized carbons (Fsp3) is 1.00. The maximum atomic E-state index is 5.30. The van der Waals surface area contributed by atoms with Gasteiger partial charge in [0.25, 0.3) is 0 Å². The molecule has 0 heterocycles. The molecule has 1 rings (SSSR count). The SMILES string of the molecule is COC1(Br)CCCCC1. The molecule has 0 spiro atoms. The molecule has 1 fully saturated rings. The van der Waals surface area contributed by atoms with E-state index in [2.05, 4.69) is 15.9 Å². The summed E-state index contributed by atoms with van der Waals surface area (Å²) in [5, 5.41) is 0. The first kappa shape index (κ1) is 7.55. The normalized spacial score (nSPS) is 26.0. The van der Waals surface area contributed by atoms with Gasteiger partial charge in [0.05, 0.1) is 0 Å². The van der Waals surface area contributed by atoms with E-state index in [-0.39, 0.29) is 4.51 Å². The third-order valence-electron chi connectivity index (χ3n) is 1.97. The van der Waals surface area contributed by atoms with E-state index >= 15 is 0 Å². The number of alkyl halides is 1. The van der Waals surface area contributed by atoms with Gasteiger partial charge < -0.3 is 4.74 Å². The van der Waals surface area contributed by atoms with Crippen molar-refractivity contribution >= 4 is 15.9 Å². The lowest BCUT2D eigenvalue weighted by Crippen LogP contribution is -2.25. The zero-order valence-electron chi connectivity index (χ0n) is 5.82. The highest BCUT2D eigenvalue weighted by Crippen LogP contribution is 2.35. The van der Waals surface area contributed by atoms with Crippen molar-refractivity contribution in [3.63, 3.8) is 0 Å². The Morgan fingerprint density at radius 1 is 1.22 bits per heavy atom. The fourth-order valence-corrected chi connectivity index (χ4v) is 1.84. The molecule has 0 N–H and O–H groups in total. The molecule has 0 aromatic heterocycles. The summed E-state index contributed by atoms with van der Waals surface area (Å²) in [6.07, 6.45) is 6.32. The van der Waals surface area contributed by atoms with Gasteiger partial charge in [0.1, 0.15) is 4.51 Å². The predicted octanol–water partition coefficient (Wildman–Crippen LogP) is 2.69. The van der Waals surface area contributed by atoms with Gasteiger partial charge in [-0.2, -0.15) is 0 Å². The second kappa shape index (κ2) is 3.02. The Balaban J connectivity index is 2.37. The first-order chi connectivity index (χ1) is 4.27. The standard InChI is InChI=1S/C7H13BrO/c1-9-7(8)5-3-2-4-6-7/h2-6H2,1H3. The zero-order chi connectivity index (χ0) is 6.74. The highest BCUT2D eigenvalue weighted by molar-refractivity contribution is 9.10. The van der Waals surface area contributed by atoms with Gasteiger partial charge in [0.2, 0.25) is 0 Å². The topological polar surface area (TPSA) is 9.23 Å². The van der Waals surface area contributed by atoms with E-state index in [1.807, 2.05) is 0 Å². The minimum atomic E-state index is 0.0330. The van der Waals surface area contributed by atoms with E-state index < -0.39 is 0 Å². The number of hydrogen-bond donors (Lipinski definition) is 0. The molecule has 2 heteroatoms. The number of methoxy groups -OCH3 is 1. The summed E-state index contributed by atoms with van der Waals surface area (Å²) >= 11 is 3.57. The van der Waals surface area contributed by atoms with E-state index in [1.54, 1.807) is 7.11 Å². The number of halogens is 1. The van der Waals surface area contributed by atoms with E-state index in [1.165, 1.54) is 32.1 Å². The lowest BCUT2D eigenvalue weighted by Gasteiger charge is -2.29. The van der Waals surface area contributed by atoms with Crippen molar-refractivity contribution in [2.45, 2.75) is 36.6 Å². The third-order valence-corrected chi connectivity index (χ3v) is 3.08. The Hall–Kier alpha value is 0.440. The van der Waals surface area contributed by atoms with Crippen LogP contribution in [0, 0.1) is 0 Å². The van der Waals surface area contributed by atoms with Crippen LogP contribution in [0.2, 0.25) is 0 Å². The molecule has 0 bridgehead atoms. The number of ether oxygens (including phenoxy) is 1. The molecule has 0 saturated heterocycles. The van der Waals surface area contributed by atoms with Crippen LogP contribution in [-0.2, 0) is 4.74 Å². The monoisotopic (exact) mass is 192 g/mol. The molecule has 1 aliphatic rings. The molecule has 0 radical (unpaired) electrons. The Morgan fingerprint density at radius 2 is 1.78 bits per heavy atom. The lowest BCUT2D eigenvalue weighted by atomic mass is 9.98. The van der Waals surface area contributed by atoms with Crippen molar-refractivity contribution in [1.29, 1.82) is 0 Å². The molecule has 0 aromatic rings. The van der Waals surface area contributed by atoms with Gasteiger partial charge in [0, 0.05) is 7.11 Å². The highest BCUT2D eigenvalue weighted by Gasteiger charge is 2.27. The van der Waals surface area contributed by atoms with E-state index in [0.29, 0.717) is 0 Å². The van der Waals surface area contributed by atoms with E-state index in [9.17, 15) is 0 Å². The van der Waals surface area contributed by atoms with Gasteiger partial charge in [-0.1, -0.05) is 22.4 Å². The fourth-order valence-electron chi connectivity index (χ4n) is 1.28. The summed E-state index contributed by atoms with van der Waals surface area (Å²) in [5.74, 6) is 0. The van der Waals surface area contributed by atoms with Crippen LogP contribution in [-0.4, -0.2) is 11.6 Å². The summed E-state index contributed by atoms with van der Waals surface area (Å²) in [4.78, 5) is 0. The summed E-state index contributed by atoms with van der Waals surface area (Å²) in [7, 11) is 1.78. The average molecular weight is 193 g/mol. The maximum absolute atomic E-state index is 5.30. The van der Waals surface area contributed by atoms with Crippen molar-refractivity contribution in [3.8, 4) is 0 Å². The van der Waals surface area contributed by atoms with Crippen LogP contribution in [0.5, 0.6) is 0 Å². The van der Waals surface area contributed by atoms with Crippen molar-refractivity contribution in [2.24, 2.45) is 0 Å². The van der Waals surface area contributed by atoms with Gasteiger partial charge in [0.15, 0.2) is 0 Å². The third kappa shape index (κ3) is 1.94. The summed E-state index contributed by atoms with van der Waals surface area (Å²) < 4.78 is 5.33. The summed E-state index contributed by atoms with van der Waals surface area (Å²) in [5.41, 5.74) is 0. The van der Waals surface area contributed by atoms with Crippen LogP contribution in [0.25, 0.3) is 0 Å². The van der Waals surface area contributed by atoms with Crippen LogP contribution in [0.15, 0.2) is 0 Å². The predicted molar refractivity (Wildman–Crippen MR) is 41.8 cm³/mol. The molecule has 1 nitrogen and oxygen atoms in total. The summed E-state index contributed by atoms with van der Waals surface area (Å²) in [6, 6.07) is 0. The van der Waals surface area contributed by atoms with Crippen LogP contribution in [0.4, 0.5) is 0 Å². The van der Waals surface area contributed by atoms with Gasteiger partial charge in [-0.05, 0) is 25.7 Å². The van der Waals surface area contributed by atoms with Crippen LogP contribution < -0.4 is 0 Å². The molecule has 0 aromatic carbocycles. The smallest absolute Gasteiger partial charge is 0.122 e. The van der Waals surface area contributed by atoms with Crippen LogP contribution in [0.1, 0.15) is 32.1 Å². The molecular formula is C7H13BrO. The first-order valence-electron chi connectivity index (χ1n) is 3.51. The Labute approximate surface area is 64.9 Å². The van der Waals surface area contributed by atoms with Crippen molar-refractivity contribution in [3.05, 3.63) is 0 Å². The number of hydrogen-bond acceptors (Lipinski definition) is 1. The van der Waals surface area contributed by atoms with Crippen molar-refractivity contribution in [2.75, 3.05) is 7.11 Å². The first-order valence-corrected chi connectivity index (χ1v) is 4.30. The van der Waals surface area contributed by atoms with Crippen molar-refractivity contribution < 1.29 is 4.74 Å². The summed E-state index contributed by atoms with van der Waals surface area (Å²) in [6.45, 7) is 0. The number of rotatable bonds is 1. The molecule has 1 aliphatic carbocycles. The Morgan fingerprint density at radius 3 is 2.11 bits per heavy atom. The van der Waals surface area contributed by atoms with E-state index in [0.717, 1.165) is 0 Å². The molecule has 9 heavy (non-hydrogen) atoms. The van der Waals surface area contributed by atoms with Gasteiger partial charge >= 0.3 is 0 Å². The minimum absolute atomic E-state index is 0.0330. The molecule has 0 atom stereocenters. The van der Waals surface area contributed by atoms with Crippen molar-refractivity contribution in [1.82, 2.24) is 0 Å². The Bertz CT molecular complexity index is 86.9. The molecule has 1 saturated carbocycles. The largest absolute Gasteiger partial charge is 0.367 e. The van der Waals surface area contributed by atoms with Crippen LogP contribution >= 0.6 is 15.9 Å². The average Bonchev–Trinajstić information content (AvgIpc) is 1.90. The van der Waals surface area contributed by atoms with E-state index in [4.69, 9.17) is 4.74 Å². The molecular weight excluding hydrogens is 180 g/mol. The second-order valence-electron chi connectivity index (χ2n) is 2.65. The van der Waals surface area contributed by atoms with Gasteiger partial charge in [-0.25, -0.2) is 0 Å². The maximum Gasteiger partial charge on any atom is 0.122 e. The minimum Gasteiger partial charge on any atom is -0.367 e. The molecule has 0 unspecified atom stereocenters. The van der Waals surface area contributed by atoms with Gasteiger partial charge in [-0.15, -0.1) is 0 Å². The highest BCUT2D eigenvalue weighted by atomic mass is 79.9. The molecule has 54 valence electrons. The Kier molecular flexibility index (Phi) is 2.53. The molecule has 0 aliphatic heterocycles. The van der Waals surface area contributed by atoms with Crippen LogP contribution in [0.3, 0.4) is 0 Å². The second-order valence-corrected chi connectivity index (χ2v) is 4.09. The molecule has 0 amide bonds. The quantitative estimate of drug-likeness (QED) is 0.581. The van der Waals surface area contributed by atoms with Gasteiger partial charge in [-0.3, -0.25) is 0 Å².